The van der Waals surface area contributed by atoms with Crippen LogP contribution < -0.4 is 0 Å². The molecule has 2 heteroatoms. The standard InChI is InChI=1S/C52H36N2/c1-3-14-35(15-4-1)40-30-41(36-16-5-2-6-17-36)32-42(31-40)53-49-23-11-9-21-44(49)46-33-38(26-28-51(46)53)39-27-29-52-47(34-39)45-22-10-12-24-50(45)54(52)48-25-13-19-37-18-7-8-20-43(37)48/h1-8,10-20,22-34H,9,21H2. The second-order valence-corrected chi connectivity index (χ2v) is 14.5. The van der Waals surface area contributed by atoms with E-state index in [-0.39, 0.29) is 0 Å². The first kappa shape index (κ1) is 30.7. The minimum Gasteiger partial charge on any atom is -0.310 e. The summed E-state index contributed by atoms with van der Waals surface area (Å²) in [5, 5.41) is 6.37. The monoisotopic (exact) mass is 688 g/mol. The lowest BCUT2D eigenvalue weighted by atomic mass is 9.97. The molecule has 0 atom stereocenters. The van der Waals surface area contributed by atoms with Crippen LogP contribution in [0.3, 0.4) is 0 Å². The summed E-state index contributed by atoms with van der Waals surface area (Å²) in [5.41, 5.74) is 16.1. The Labute approximate surface area is 314 Å². The van der Waals surface area contributed by atoms with Crippen LogP contribution in [0.1, 0.15) is 17.7 Å². The average molecular weight is 689 g/mol. The predicted octanol–water partition coefficient (Wildman–Crippen LogP) is 13.8. The lowest BCUT2D eigenvalue weighted by Gasteiger charge is -2.16. The number of aryl methyl sites for hydroxylation is 1. The second-order valence-electron chi connectivity index (χ2n) is 14.5. The van der Waals surface area contributed by atoms with Crippen molar-refractivity contribution in [1.29, 1.82) is 0 Å². The fourth-order valence-corrected chi connectivity index (χ4v) is 8.84. The van der Waals surface area contributed by atoms with Crippen LogP contribution in [-0.2, 0) is 6.42 Å². The lowest BCUT2D eigenvalue weighted by molar-refractivity contribution is 0.968. The van der Waals surface area contributed by atoms with Gasteiger partial charge in [0.15, 0.2) is 0 Å². The van der Waals surface area contributed by atoms with Crippen molar-refractivity contribution in [2.45, 2.75) is 12.8 Å². The number of nitrogens with zero attached hydrogens (tertiary/aromatic N) is 2. The third-order valence-electron chi connectivity index (χ3n) is 11.4. The molecule has 2 nitrogen and oxygen atoms in total. The first-order valence-electron chi connectivity index (χ1n) is 18.9. The molecule has 0 N–H and O–H groups in total. The Morgan fingerprint density at radius 1 is 0.370 bits per heavy atom. The molecule has 2 heterocycles. The zero-order valence-electron chi connectivity index (χ0n) is 29.8. The molecular formula is C52H36N2. The molecule has 0 amide bonds. The molecule has 54 heavy (non-hydrogen) atoms. The smallest absolute Gasteiger partial charge is 0.0541 e. The maximum Gasteiger partial charge on any atom is 0.0541 e. The van der Waals surface area contributed by atoms with E-state index in [9.17, 15) is 0 Å². The van der Waals surface area contributed by atoms with E-state index in [1.165, 1.54) is 99.5 Å². The normalized spacial score (nSPS) is 12.6. The molecule has 0 fully saturated rings. The van der Waals surface area contributed by atoms with Gasteiger partial charge in [0.1, 0.15) is 0 Å². The van der Waals surface area contributed by atoms with Crippen molar-refractivity contribution >= 4 is 49.6 Å². The topological polar surface area (TPSA) is 9.86 Å². The highest BCUT2D eigenvalue weighted by molar-refractivity contribution is 6.12. The summed E-state index contributed by atoms with van der Waals surface area (Å²) in [6.45, 7) is 0. The maximum absolute atomic E-state index is 2.49. The van der Waals surface area contributed by atoms with Crippen molar-refractivity contribution < 1.29 is 0 Å². The van der Waals surface area contributed by atoms with Crippen molar-refractivity contribution in [1.82, 2.24) is 9.13 Å². The van der Waals surface area contributed by atoms with E-state index < -0.39 is 0 Å². The largest absolute Gasteiger partial charge is 0.310 e. The number of benzene rings is 8. The van der Waals surface area contributed by atoms with E-state index in [0.717, 1.165) is 12.8 Å². The fourth-order valence-electron chi connectivity index (χ4n) is 8.84. The van der Waals surface area contributed by atoms with Gasteiger partial charge in [0, 0.05) is 32.9 Å². The summed E-state index contributed by atoms with van der Waals surface area (Å²) in [5.74, 6) is 0. The van der Waals surface area contributed by atoms with Gasteiger partial charge in [-0.2, -0.15) is 0 Å². The second kappa shape index (κ2) is 12.4. The van der Waals surface area contributed by atoms with E-state index in [1.807, 2.05) is 0 Å². The fraction of sp³-hybridized carbons (Fsp3) is 0.0385. The number of aromatic nitrogens is 2. The third-order valence-corrected chi connectivity index (χ3v) is 11.4. The highest BCUT2D eigenvalue weighted by Crippen LogP contribution is 2.41. The molecular weight excluding hydrogens is 653 g/mol. The summed E-state index contributed by atoms with van der Waals surface area (Å²) in [6, 6.07) is 66.8. The molecule has 0 spiro atoms. The molecule has 0 saturated heterocycles. The van der Waals surface area contributed by atoms with Gasteiger partial charge in [-0.05, 0) is 118 Å². The molecule has 0 unspecified atom stereocenters. The number of hydrogen-bond donors (Lipinski definition) is 0. The highest BCUT2D eigenvalue weighted by atomic mass is 15.0. The zero-order valence-corrected chi connectivity index (χ0v) is 29.8. The number of rotatable bonds is 5. The van der Waals surface area contributed by atoms with E-state index in [2.05, 4.69) is 203 Å². The van der Waals surface area contributed by atoms with Crippen LogP contribution in [0.15, 0.2) is 188 Å². The number of allylic oxidation sites excluding steroid dienone is 1. The van der Waals surface area contributed by atoms with Crippen LogP contribution in [0.2, 0.25) is 0 Å². The predicted molar refractivity (Wildman–Crippen MR) is 229 cm³/mol. The molecule has 0 saturated carbocycles. The van der Waals surface area contributed by atoms with Gasteiger partial charge in [0.2, 0.25) is 0 Å². The van der Waals surface area contributed by atoms with Gasteiger partial charge >= 0.3 is 0 Å². The maximum atomic E-state index is 2.49. The Hall–Kier alpha value is -6.90. The van der Waals surface area contributed by atoms with Gasteiger partial charge in [0.05, 0.1) is 22.2 Å². The van der Waals surface area contributed by atoms with E-state index in [4.69, 9.17) is 0 Å². The summed E-state index contributed by atoms with van der Waals surface area (Å²) in [4.78, 5) is 0. The summed E-state index contributed by atoms with van der Waals surface area (Å²) >= 11 is 0. The Bertz CT molecular complexity index is 3020. The Morgan fingerprint density at radius 3 is 1.70 bits per heavy atom. The summed E-state index contributed by atoms with van der Waals surface area (Å²) < 4.78 is 4.93. The summed E-state index contributed by atoms with van der Waals surface area (Å²) in [7, 11) is 0. The van der Waals surface area contributed by atoms with Crippen LogP contribution in [-0.4, -0.2) is 9.13 Å². The molecule has 10 aromatic rings. The number of hydrogen-bond acceptors (Lipinski definition) is 0. The van der Waals surface area contributed by atoms with Gasteiger partial charge in [-0.25, -0.2) is 0 Å². The quantitative estimate of drug-likeness (QED) is 0.170. The Balaban J connectivity index is 1.09. The van der Waals surface area contributed by atoms with Crippen molar-refractivity contribution in [3.05, 3.63) is 199 Å². The van der Waals surface area contributed by atoms with Gasteiger partial charge in [-0.1, -0.05) is 133 Å². The van der Waals surface area contributed by atoms with Gasteiger partial charge in [-0.3, -0.25) is 0 Å². The molecule has 8 aromatic carbocycles. The van der Waals surface area contributed by atoms with Crippen LogP contribution in [0.25, 0.3) is 94.3 Å². The summed E-state index contributed by atoms with van der Waals surface area (Å²) in [6.07, 6.45) is 6.75. The Morgan fingerprint density at radius 2 is 0.963 bits per heavy atom. The van der Waals surface area contributed by atoms with Gasteiger partial charge < -0.3 is 9.13 Å². The Kier molecular flexibility index (Phi) is 7.03. The minimum atomic E-state index is 1.03. The lowest BCUT2D eigenvalue weighted by Crippen LogP contribution is -2.01. The average Bonchev–Trinajstić information content (AvgIpc) is 3.76. The van der Waals surface area contributed by atoms with Crippen molar-refractivity contribution in [3.63, 3.8) is 0 Å². The SMILES string of the molecule is C1=Cc2c(c3cc(-c4ccc5c(c4)c4ccccc4n5-c4cccc5ccccc45)ccc3n2-c2cc(-c3ccccc3)cc(-c3ccccc3)c2)CC1. The van der Waals surface area contributed by atoms with Crippen molar-refractivity contribution in [2.75, 3.05) is 0 Å². The molecule has 1 aliphatic rings. The van der Waals surface area contributed by atoms with E-state index in [0.29, 0.717) is 0 Å². The number of fused-ring (bicyclic) bond motifs is 7. The first-order valence-corrected chi connectivity index (χ1v) is 18.9. The van der Waals surface area contributed by atoms with Crippen LogP contribution in [0, 0.1) is 0 Å². The minimum absolute atomic E-state index is 1.03. The van der Waals surface area contributed by atoms with E-state index in [1.54, 1.807) is 0 Å². The molecule has 2 aromatic heterocycles. The van der Waals surface area contributed by atoms with Crippen molar-refractivity contribution in [3.8, 4) is 44.8 Å². The zero-order chi connectivity index (χ0) is 35.6. The van der Waals surface area contributed by atoms with Gasteiger partial charge in [0.25, 0.3) is 0 Å². The van der Waals surface area contributed by atoms with Crippen LogP contribution in [0.5, 0.6) is 0 Å². The molecule has 0 radical (unpaired) electrons. The molecule has 0 aliphatic heterocycles. The van der Waals surface area contributed by atoms with E-state index >= 15 is 0 Å². The molecule has 11 rings (SSSR count). The highest BCUT2D eigenvalue weighted by Gasteiger charge is 2.21. The van der Waals surface area contributed by atoms with Crippen LogP contribution >= 0.6 is 0 Å². The van der Waals surface area contributed by atoms with Gasteiger partial charge in [-0.15, -0.1) is 0 Å². The third kappa shape index (κ3) is 4.88. The molecule has 1 aliphatic carbocycles. The first-order chi connectivity index (χ1) is 26.8. The molecule has 254 valence electrons. The molecule has 0 bridgehead atoms. The number of para-hydroxylation sites is 1. The van der Waals surface area contributed by atoms with Crippen LogP contribution in [0.4, 0.5) is 0 Å². The van der Waals surface area contributed by atoms with Crippen molar-refractivity contribution in [2.24, 2.45) is 0 Å².